The average molecular weight is 322 g/mol. The molecule has 0 bridgehead atoms. The summed E-state index contributed by atoms with van der Waals surface area (Å²) >= 11 is 0. The van der Waals surface area contributed by atoms with Gasteiger partial charge in [-0.25, -0.2) is 8.78 Å². The molecule has 2 N–H and O–H groups in total. The molecule has 0 aliphatic rings. The molecule has 6 nitrogen and oxygen atoms in total. The minimum absolute atomic E-state index is 0.172. The molecule has 0 aliphatic carbocycles. The molecule has 2 rings (SSSR count). The van der Waals surface area contributed by atoms with Crippen molar-refractivity contribution in [2.24, 2.45) is 0 Å². The number of aryl methyl sites for hydroxylation is 2. The Kier molecular flexibility index (Phi) is 5.05. The molecule has 122 valence electrons. The second-order valence-electron chi connectivity index (χ2n) is 5.05. The van der Waals surface area contributed by atoms with Crippen LogP contribution in [0.2, 0.25) is 0 Å². The van der Waals surface area contributed by atoms with Gasteiger partial charge in [0.15, 0.2) is 0 Å². The van der Waals surface area contributed by atoms with Crippen molar-refractivity contribution in [3.05, 3.63) is 41.7 Å². The Hall–Kier alpha value is -2.77. The highest BCUT2D eigenvalue weighted by Crippen LogP contribution is 2.14. The maximum Gasteiger partial charge on any atom is 0.314 e. The summed E-state index contributed by atoms with van der Waals surface area (Å²) in [5.41, 5.74) is 2.72. The molecule has 0 unspecified atom stereocenters. The van der Waals surface area contributed by atoms with Crippen molar-refractivity contribution < 1.29 is 18.4 Å². The van der Waals surface area contributed by atoms with Crippen molar-refractivity contribution in [1.82, 2.24) is 9.78 Å². The summed E-state index contributed by atoms with van der Waals surface area (Å²) in [5.74, 6) is -1.75. The number of nitrogens with zero attached hydrogens (tertiary/aromatic N) is 2. The number of nitrogens with one attached hydrogen (secondary N) is 2. The first-order valence-corrected chi connectivity index (χ1v) is 6.85. The lowest BCUT2D eigenvalue weighted by Gasteiger charge is -2.07. The van der Waals surface area contributed by atoms with E-state index >= 15 is 0 Å². The van der Waals surface area contributed by atoms with E-state index in [4.69, 9.17) is 0 Å². The number of carbonyl (C=O) groups excluding carboxylic acids is 2. The van der Waals surface area contributed by atoms with Crippen molar-refractivity contribution in [2.75, 3.05) is 10.6 Å². The Morgan fingerprint density at radius 3 is 2.39 bits per heavy atom. The van der Waals surface area contributed by atoms with Crippen molar-refractivity contribution in [2.45, 2.75) is 26.8 Å². The van der Waals surface area contributed by atoms with E-state index in [2.05, 4.69) is 15.7 Å². The molecule has 0 saturated carbocycles. The summed E-state index contributed by atoms with van der Waals surface area (Å²) in [6.45, 7) is 3.25. The Morgan fingerprint density at radius 2 is 1.78 bits per heavy atom. The lowest BCUT2D eigenvalue weighted by molar-refractivity contribution is -0.132. The highest BCUT2D eigenvalue weighted by molar-refractivity contribution is 6.43. The van der Waals surface area contributed by atoms with Crippen LogP contribution < -0.4 is 10.6 Å². The zero-order valence-corrected chi connectivity index (χ0v) is 12.6. The predicted molar refractivity (Wildman–Crippen MR) is 81.4 cm³/mol. The third-order valence-corrected chi connectivity index (χ3v) is 3.19. The molecule has 23 heavy (non-hydrogen) atoms. The maximum atomic E-state index is 12.2. The van der Waals surface area contributed by atoms with Crippen LogP contribution in [0, 0.1) is 13.8 Å². The zero-order chi connectivity index (χ0) is 17.0. The molecule has 0 fully saturated rings. The first-order chi connectivity index (χ1) is 10.8. The molecule has 0 aliphatic heterocycles. The molecule has 2 aromatic rings. The summed E-state index contributed by atoms with van der Waals surface area (Å²) in [7, 11) is 0. The molecule has 0 spiro atoms. The minimum Gasteiger partial charge on any atom is -0.318 e. The molecule has 0 atom stereocenters. The third-order valence-electron chi connectivity index (χ3n) is 3.19. The first-order valence-electron chi connectivity index (χ1n) is 6.85. The number of rotatable bonds is 4. The molecular weight excluding hydrogens is 306 g/mol. The quantitative estimate of drug-likeness (QED) is 0.848. The predicted octanol–water partition coefficient (Wildman–Crippen LogP) is 2.34. The number of anilines is 2. The van der Waals surface area contributed by atoms with Gasteiger partial charge in [0.2, 0.25) is 0 Å². The molecule has 1 aromatic heterocycles. The van der Waals surface area contributed by atoms with E-state index in [-0.39, 0.29) is 5.69 Å². The summed E-state index contributed by atoms with van der Waals surface area (Å²) in [4.78, 5) is 23.6. The Bertz CT molecular complexity index is 728. The minimum atomic E-state index is -2.55. The smallest absolute Gasteiger partial charge is 0.314 e. The second kappa shape index (κ2) is 6.99. The van der Waals surface area contributed by atoms with Gasteiger partial charge in [0.25, 0.3) is 6.43 Å². The van der Waals surface area contributed by atoms with Gasteiger partial charge in [0, 0.05) is 11.9 Å². The van der Waals surface area contributed by atoms with E-state index in [1.807, 2.05) is 19.9 Å². The highest BCUT2D eigenvalue weighted by atomic mass is 19.3. The zero-order valence-electron chi connectivity index (χ0n) is 12.6. The molecule has 0 saturated heterocycles. The van der Waals surface area contributed by atoms with E-state index in [9.17, 15) is 18.4 Å². The number of halogens is 2. The summed E-state index contributed by atoms with van der Waals surface area (Å²) in [6, 6.07) is 5.27. The standard InChI is InChI=1S/C15H16F2N4O2/c1-9-3-4-11(5-10(9)2)19-14(22)15(23)20-12-6-18-21(7-12)8-13(16)17/h3-7,13H,8H2,1-2H3,(H,19,22)(H,20,23). The van der Waals surface area contributed by atoms with Gasteiger partial charge in [-0.2, -0.15) is 5.10 Å². The Morgan fingerprint density at radius 1 is 1.13 bits per heavy atom. The van der Waals surface area contributed by atoms with Gasteiger partial charge in [-0.05, 0) is 37.1 Å². The molecule has 2 amide bonds. The number of hydrogen-bond donors (Lipinski definition) is 2. The first kappa shape index (κ1) is 16.6. The lowest BCUT2D eigenvalue weighted by atomic mass is 10.1. The fraction of sp³-hybridized carbons (Fsp3) is 0.267. The van der Waals surface area contributed by atoms with E-state index in [1.54, 1.807) is 12.1 Å². The SMILES string of the molecule is Cc1ccc(NC(=O)C(=O)Nc2cnn(CC(F)F)c2)cc1C. The van der Waals surface area contributed by atoms with Crippen LogP contribution in [-0.4, -0.2) is 28.0 Å². The van der Waals surface area contributed by atoms with Crippen LogP contribution in [0.15, 0.2) is 30.6 Å². The fourth-order valence-corrected chi connectivity index (χ4v) is 1.86. The number of alkyl halides is 2. The average Bonchev–Trinajstić information content (AvgIpc) is 2.89. The van der Waals surface area contributed by atoms with Crippen molar-refractivity contribution in [3.63, 3.8) is 0 Å². The van der Waals surface area contributed by atoms with Crippen molar-refractivity contribution >= 4 is 23.2 Å². The van der Waals surface area contributed by atoms with Crippen LogP contribution in [0.4, 0.5) is 20.2 Å². The van der Waals surface area contributed by atoms with E-state index in [1.165, 1.54) is 12.4 Å². The van der Waals surface area contributed by atoms with Gasteiger partial charge in [-0.1, -0.05) is 6.07 Å². The van der Waals surface area contributed by atoms with Crippen LogP contribution >= 0.6 is 0 Å². The van der Waals surface area contributed by atoms with Gasteiger partial charge in [0.05, 0.1) is 11.9 Å². The maximum absolute atomic E-state index is 12.2. The fourth-order valence-electron chi connectivity index (χ4n) is 1.86. The number of benzene rings is 1. The lowest BCUT2D eigenvalue weighted by Crippen LogP contribution is -2.29. The van der Waals surface area contributed by atoms with Crippen molar-refractivity contribution in [3.8, 4) is 0 Å². The van der Waals surface area contributed by atoms with Crippen LogP contribution in [0.3, 0.4) is 0 Å². The number of hydrogen-bond acceptors (Lipinski definition) is 3. The summed E-state index contributed by atoms with van der Waals surface area (Å²) < 4.78 is 25.4. The molecule has 0 radical (unpaired) electrons. The van der Waals surface area contributed by atoms with Gasteiger partial charge in [-0.15, -0.1) is 0 Å². The Balaban J connectivity index is 1.95. The van der Waals surface area contributed by atoms with Gasteiger partial charge >= 0.3 is 11.8 Å². The number of aromatic nitrogens is 2. The monoisotopic (exact) mass is 322 g/mol. The highest BCUT2D eigenvalue weighted by Gasteiger charge is 2.15. The van der Waals surface area contributed by atoms with Crippen LogP contribution in [0.25, 0.3) is 0 Å². The topological polar surface area (TPSA) is 76.0 Å². The molecule has 1 heterocycles. The van der Waals surface area contributed by atoms with E-state index < -0.39 is 24.8 Å². The third kappa shape index (κ3) is 4.60. The van der Waals surface area contributed by atoms with E-state index in [0.29, 0.717) is 5.69 Å². The Labute approximate surface area is 131 Å². The van der Waals surface area contributed by atoms with Crippen LogP contribution in [0.1, 0.15) is 11.1 Å². The normalized spacial score (nSPS) is 10.7. The largest absolute Gasteiger partial charge is 0.318 e. The van der Waals surface area contributed by atoms with Crippen molar-refractivity contribution in [1.29, 1.82) is 0 Å². The molecule has 8 heteroatoms. The summed E-state index contributed by atoms with van der Waals surface area (Å²) in [5, 5.41) is 8.44. The van der Waals surface area contributed by atoms with Crippen LogP contribution in [-0.2, 0) is 16.1 Å². The molecule has 1 aromatic carbocycles. The number of carbonyl (C=O) groups is 2. The van der Waals surface area contributed by atoms with Gasteiger partial charge in [-0.3, -0.25) is 14.3 Å². The molecular formula is C15H16F2N4O2. The van der Waals surface area contributed by atoms with E-state index in [0.717, 1.165) is 15.8 Å². The van der Waals surface area contributed by atoms with Gasteiger partial charge < -0.3 is 10.6 Å². The van der Waals surface area contributed by atoms with Gasteiger partial charge in [0.1, 0.15) is 6.54 Å². The summed E-state index contributed by atoms with van der Waals surface area (Å²) in [6.07, 6.45) is -0.122. The number of amides is 2. The second-order valence-corrected chi connectivity index (χ2v) is 5.05. The van der Waals surface area contributed by atoms with Crippen LogP contribution in [0.5, 0.6) is 0 Å².